The van der Waals surface area contributed by atoms with Gasteiger partial charge in [-0.15, -0.1) is 0 Å². The van der Waals surface area contributed by atoms with Crippen LogP contribution in [0.4, 0.5) is 32.6 Å². The Balaban J connectivity index is 0.808. The number of rotatable bonds is 20. The van der Waals surface area contributed by atoms with Crippen LogP contribution in [0, 0.1) is 0 Å². The van der Waals surface area contributed by atoms with E-state index < -0.39 is 6.03 Å². The molecule has 0 radical (unpaired) electrons. The molecule has 8 rings (SSSR count). The molecular weight excluding hydrogens is 817 g/mol. The Morgan fingerprint density at radius 1 is 0.631 bits per heavy atom. The summed E-state index contributed by atoms with van der Waals surface area (Å²) in [5, 5.41) is 7.95. The summed E-state index contributed by atoms with van der Waals surface area (Å²) in [4.78, 5) is 46.1. The zero-order valence-electron chi connectivity index (χ0n) is 37.2. The van der Waals surface area contributed by atoms with Crippen LogP contribution in [0.5, 0.6) is 11.5 Å². The molecule has 65 heavy (non-hydrogen) atoms. The van der Waals surface area contributed by atoms with Crippen LogP contribution in [0.3, 0.4) is 0 Å². The van der Waals surface area contributed by atoms with E-state index in [2.05, 4.69) is 55.7 Å². The molecule has 4 aromatic carbocycles. The number of hydrogen-bond donors (Lipinski definition) is 5. The molecule has 4 amide bonds. The van der Waals surface area contributed by atoms with Crippen molar-refractivity contribution in [2.24, 2.45) is 5.73 Å². The van der Waals surface area contributed by atoms with Crippen LogP contribution in [0.15, 0.2) is 97.1 Å². The third-order valence-electron chi connectivity index (χ3n) is 11.8. The van der Waals surface area contributed by atoms with E-state index in [1.165, 1.54) is 0 Å². The highest BCUT2D eigenvalue weighted by Crippen LogP contribution is 2.32. The summed E-state index contributed by atoms with van der Waals surface area (Å²) in [6.07, 6.45) is 9.07. The maximum absolute atomic E-state index is 12.8. The average Bonchev–Trinajstić information content (AvgIpc) is 3.87. The molecule has 0 spiro atoms. The number of ether oxygens (including phenoxy) is 1. The van der Waals surface area contributed by atoms with E-state index in [0.29, 0.717) is 47.6 Å². The number of benzene rings is 4. The Kier molecular flexibility index (Phi) is 13.9. The van der Waals surface area contributed by atoms with Gasteiger partial charge in [0, 0.05) is 61.2 Å². The number of urea groups is 2. The van der Waals surface area contributed by atoms with Gasteiger partial charge in [0.1, 0.15) is 34.2 Å². The number of aryl methyl sites for hydroxylation is 4. The lowest BCUT2D eigenvalue weighted by Gasteiger charge is -2.21. The molecule has 0 bridgehead atoms. The van der Waals surface area contributed by atoms with Crippen LogP contribution < -0.4 is 37.5 Å². The summed E-state index contributed by atoms with van der Waals surface area (Å²) < 4.78 is 10.7. The zero-order chi connectivity index (χ0) is 45.3. The number of nitrogens with one attached hydrogen (secondary N) is 2. The van der Waals surface area contributed by atoms with E-state index in [9.17, 15) is 9.59 Å². The molecule has 8 N–H and O–H groups in total. The number of aromatic nitrogens is 6. The van der Waals surface area contributed by atoms with Crippen molar-refractivity contribution in [3.63, 3.8) is 0 Å². The van der Waals surface area contributed by atoms with Crippen molar-refractivity contribution in [1.82, 2.24) is 34.4 Å². The number of amides is 4. The summed E-state index contributed by atoms with van der Waals surface area (Å²) in [5.74, 6) is 4.10. The highest BCUT2D eigenvalue weighted by atomic mass is 16.5. The van der Waals surface area contributed by atoms with Gasteiger partial charge in [0.05, 0.1) is 22.1 Å². The lowest BCUT2D eigenvalue weighted by atomic mass is 10.1. The fourth-order valence-corrected chi connectivity index (χ4v) is 8.46. The topological polar surface area (TPSA) is 210 Å². The highest BCUT2D eigenvalue weighted by molar-refractivity contribution is 6.07. The van der Waals surface area contributed by atoms with Crippen molar-refractivity contribution >= 4 is 78.9 Å². The highest BCUT2D eigenvalue weighted by Gasteiger charge is 2.19. The second-order valence-electron chi connectivity index (χ2n) is 16.4. The van der Waals surface area contributed by atoms with Gasteiger partial charge in [0.2, 0.25) is 0 Å². The van der Waals surface area contributed by atoms with E-state index in [4.69, 9.17) is 31.9 Å². The number of pyridine rings is 2. The molecule has 0 aliphatic carbocycles. The first-order valence-corrected chi connectivity index (χ1v) is 22.8. The van der Waals surface area contributed by atoms with E-state index in [0.717, 1.165) is 133 Å². The maximum atomic E-state index is 12.8. The van der Waals surface area contributed by atoms with E-state index in [-0.39, 0.29) is 6.03 Å². The minimum absolute atomic E-state index is 0.280. The van der Waals surface area contributed by atoms with Gasteiger partial charge in [-0.05, 0) is 99.2 Å². The monoisotopic (exact) mass is 874 g/mol. The molecular formula is C50H58N12O3. The minimum atomic E-state index is -0.523. The molecule has 0 unspecified atom stereocenters. The maximum Gasteiger partial charge on any atom is 0.319 e. The van der Waals surface area contributed by atoms with Crippen molar-refractivity contribution in [2.45, 2.75) is 91.1 Å². The SMILES string of the molecule is CCCCc1nc2c(N)nc3ccccc3c2n1CCCCNC(=O)Nc1ccc(Oc2ccc(N(CCCCn3c(CCCC)nc4c(N)nc5ccccc5c43)C(N)=O)cc2)cc1. The molecule has 15 nitrogen and oxygen atoms in total. The number of nitrogens with two attached hydrogens (primary N) is 3. The molecule has 0 aliphatic rings. The fraction of sp³-hybridized carbons (Fsp3) is 0.320. The summed E-state index contributed by atoms with van der Waals surface area (Å²) >= 11 is 0. The van der Waals surface area contributed by atoms with Crippen LogP contribution >= 0.6 is 0 Å². The van der Waals surface area contributed by atoms with Gasteiger partial charge in [0.25, 0.3) is 0 Å². The predicted octanol–water partition coefficient (Wildman–Crippen LogP) is 10.1. The molecule has 0 fully saturated rings. The number of anilines is 4. The van der Waals surface area contributed by atoms with Gasteiger partial charge >= 0.3 is 12.1 Å². The number of primary amides is 1. The van der Waals surface area contributed by atoms with E-state index >= 15 is 0 Å². The number of nitrogens with zero attached hydrogens (tertiary/aromatic N) is 7. The van der Waals surface area contributed by atoms with Gasteiger partial charge < -0.3 is 41.7 Å². The lowest BCUT2D eigenvalue weighted by molar-refractivity contribution is 0.251. The van der Waals surface area contributed by atoms with Crippen LogP contribution in [0.25, 0.3) is 43.9 Å². The van der Waals surface area contributed by atoms with Crippen molar-refractivity contribution in [1.29, 1.82) is 0 Å². The molecule has 4 aromatic heterocycles. The van der Waals surface area contributed by atoms with E-state index in [1.54, 1.807) is 29.2 Å². The second-order valence-corrected chi connectivity index (χ2v) is 16.4. The number of para-hydroxylation sites is 2. The molecule has 0 aliphatic heterocycles. The van der Waals surface area contributed by atoms with Gasteiger partial charge in [-0.3, -0.25) is 4.90 Å². The average molecular weight is 875 g/mol. The summed E-state index contributed by atoms with van der Waals surface area (Å²) in [7, 11) is 0. The Bertz CT molecular complexity index is 2930. The number of fused-ring (bicyclic) bond motifs is 6. The van der Waals surface area contributed by atoms with Crippen molar-refractivity contribution in [3.8, 4) is 11.5 Å². The fourth-order valence-electron chi connectivity index (χ4n) is 8.46. The van der Waals surface area contributed by atoms with Crippen molar-refractivity contribution in [3.05, 3.63) is 109 Å². The Morgan fingerprint density at radius 3 is 1.66 bits per heavy atom. The van der Waals surface area contributed by atoms with Crippen LogP contribution in [-0.2, 0) is 25.9 Å². The normalized spacial score (nSPS) is 11.5. The van der Waals surface area contributed by atoms with Gasteiger partial charge in [-0.2, -0.15) is 0 Å². The third-order valence-corrected chi connectivity index (χ3v) is 11.8. The van der Waals surface area contributed by atoms with Crippen molar-refractivity contribution in [2.75, 3.05) is 34.8 Å². The number of carbonyl (C=O) groups excluding carboxylic acids is 2. The molecule has 0 atom stereocenters. The first-order chi connectivity index (χ1) is 31.7. The van der Waals surface area contributed by atoms with Crippen molar-refractivity contribution < 1.29 is 14.3 Å². The summed E-state index contributed by atoms with van der Waals surface area (Å²) in [6.45, 7) is 6.80. The van der Waals surface area contributed by atoms with Crippen LogP contribution in [0.1, 0.15) is 76.9 Å². The predicted molar refractivity (Wildman–Crippen MR) is 261 cm³/mol. The quantitative estimate of drug-likeness (QED) is 0.0461. The number of hydrogen-bond acceptors (Lipinski definition) is 9. The largest absolute Gasteiger partial charge is 0.457 e. The number of unbranched alkanes of at least 4 members (excludes halogenated alkanes) is 4. The zero-order valence-corrected chi connectivity index (χ0v) is 37.2. The smallest absolute Gasteiger partial charge is 0.319 e. The van der Waals surface area contributed by atoms with Gasteiger partial charge in [-0.1, -0.05) is 63.1 Å². The Hall–Kier alpha value is -7.42. The van der Waals surface area contributed by atoms with Crippen LogP contribution in [0.2, 0.25) is 0 Å². The summed E-state index contributed by atoms with van der Waals surface area (Å²) in [5.41, 5.74) is 25.2. The van der Waals surface area contributed by atoms with Gasteiger partial charge in [-0.25, -0.2) is 29.5 Å². The molecule has 4 heterocycles. The second kappa shape index (κ2) is 20.4. The third kappa shape index (κ3) is 10.0. The Labute approximate surface area is 378 Å². The lowest BCUT2D eigenvalue weighted by Crippen LogP contribution is -2.36. The standard InChI is InChI=1S/C50H58N12O3/c1-3-5-19-41-58-43-45(37-15-7-9-17-39(37)56-47(43)51)61(41)31-12-11-29-54-50(64)55-33-21-25-35(26-22-33)65-36-27-23-34(24-28-36)60(49(53)63)30-13-14-32-62-42(20-6-4-2)59-44-46(62)38-16-8-10-18-40(38)57-48(44)52/h7-10,15-18,21-28H,3-6,11-14,19-20,29-32H2,1-2H3,(H2,51,56)(H2,52,57)(H2,53,63)(H2,54,55,64). The minimum Gasteiger partial charge on any atom is -0.457 e. The first-order valence-electron chi connectivity index (χ1n) is 22.8. The molecule has 336 valence electrons. The van der Waals surface area contributed by atoms with E-state index in [1.807, 2.05) is 60.7 Å². The number of imidazole rings is 2. The first kappa shape index (κ1) is 44.2. The van der Waals surface area contributed by atoms with Gasteiger partial charge in [0.15, 0.2) is 11.6 Å². The summed E-state index contributed by atoms with van der Waals surface area (Å²) in [6, 6.07) is 29.7. The molecule has 0 saturated carbocycles. The molecule has 0 saturated heterocycles. The molecule has 15 heteroatoms. The molecule has 8 aromatic rings. The van der Waals surface area contributed by atoms with Crippen LogP contribution in [-0.4, -0.2) is 54.2 Å². The number of carbonyl (C=O) groups is 2. The Morgan fingerprint density at radius 2 is 1.14 bits per heavy atom. The number of nitrogen functional groups attached to an aromatic ring is 2.